The Bertz CT molecular complexity index is 1180. The number of carboxylic acids is 1. The molecule has 0 bridgehead atoms. The Morgan fingerprint density at radius 2 is 1.83 bits per heavy atom. The highest BCUT2D eigenvalue weighted by molar-refractivity contribution is 7.18. The van der Waals surface area contributed by atoms with E-state index >= 15 is 0 Å². The molecule has 0 saturated heterocycles. The predicted molar refractivity (Wildman–Crippen MR) is 136 cm³/mol. The van der Waals surface area contributed by atoms with E-state index in [1.54, 1.807) is 27.3 Å². The van der Waals surface area contributed by atoms with E-state index in [2.05, 4.69) is 10.3 Å². The Labute approximate surface area is 208 Å². The van der Waals surface area contributed by atoms with Crippen LogP contribution in [0.5, 0.6) is 11.5 Å². The number of nitrogens with one attached hydrogen (secondary N) is 1. The van der Waals surface area contributed by atoms with Crippen LogP contribution in [0.15, 0.2) is 24.3 Å². The van der Waals surface area contributed by atoms with E-state index in [1.807, 2.05) is 25.1 Å². The van der Waals surface area contributed by atoms with Gasteiger partial charge in [0, 0.05) is 24.7 Å². The van der Waals surface area contributed by atoms with Gasteiger partial charge in [-0.1, -0.05) is 12.8 Å². The van der Waals surface area contributed by atoms with Crippen LogP contribution in [0.4, 0.5) is 5.69 Å². The number of carbonyl (C=O) groups is 1. The monoisotopic (exact) mass is 500 g/mol. The van der Waals surface area contributed by atoms with Crippen molar-refractivity contribution < 1.29 is 29.2 Å². The van der Waals surface area contributed by atoms with Crippen LogP contribution in [-0.2, 0) is 11.2 Å². The molecule has 1 aliphatic carbocycles. The van der Waals surface area contributed by atoms with Gasteiger partial charge >= 0.3 is 5.97 Å². The van der Waals surface area contributed by atoms with Gasteiger partial charge in [0.1, 0.15) is 17.6 Å². The molecule has 1 aliphatic rings. The van der Waals surface area contributed by atoms with Crippen molar-refractivity contribution in [1.82, 2.24) is 4.98 Å². The van der Waals surface area contributed by atoms with E-state index in [9.17, 15) is 15.0 Å². The highest BCUT2D eigenvalue weighted by atomic mass is 32.1. The van der Waals surface area contributed by atoms with E-state index < -0.39 is 18.2 Å². The number of carboxylic acid groups (broad SMARTS) is 1. The molecule has 4 rings (SSSR count). The zero-order chi connectivity index (χ0) is 25.1. The van der Waals surface area contributed by atoms with Crippen LogP contribution < -0.4 is 14.8 Å². The Hall–Kier alpha value is -2.88. The first-order chi connectivity index (χ1) is 16.8. The number of aromatic nitrogens is 1. The van der Waals surface area contributed by atoms with E-state index in [-0.39, 0.29) is 11.7 Å². The van der Waals surface area contributed by atoms with E-state index in [0.29, 0.717) is 39.7 Å². The molecule has 1 aromatic heterocycles. The Balaban J connectivity index is 1.70. The summed E-state index contributed by atoms with van der Waals surface area (Å²) in [7, 11) is 4.93. The minimum atomic E-state index is -1.03. The van der Waals surface area contributed by atoms with Gasteiger partial charge in [0.05, 0.1) is 47.2 Å². The van der Waals surface area contributed by atoms with Crippen molar-refractivity contribution in [2.45, 2.75) is 57.3 Å². The third-order valence-electron chi connectivity index (χ3n) is 6.57. The summed E-state index contributed by atoms with van der Waals surface area (Å²) in [6.07, 6.45) is 3.04. The minimum absolute atomic E-state index is 0.0729. The lowest BCUT2D eigenvalue weighted by Gasteiger charge is -2.27. The number of methoxy groups -OCH3 is 2. The molecular weight excluding hydrogens is 468 g/mol. The maximum atomic E-state index is 11.8. The third-order valence-corrected chi connectivity index (χ3v) is 7.60. The summed E-state index contributed by atoms with van der Waals surface area (Å²) >= 11 is 1.42. The fourth-order valence-corrected chi connectivity index (χ4v) is 5.72. The molecule has 188 valence electrons. The molecule has 3 aromatic rings. The van der Waals surface area contributed by atoms with Crippen LogP contribution >= 0.6 is 11.3 Å². The predicted octanol–water partition coefficient (Wildman–Crippen LogP) is 4.97. The number of hydrogen-bond donors (Lipinski definition) is 3. The van der Waals surface area contributed by atoms with Gasteiger partial charge in [0.2, 0.25) is 0 Å². The molecule has 2 unspecified atom stereocenters. The molecule has 9 heteroatoms. The summed E-state index contributed by atoms with van der Waals surface area (Å²) in [5, 5.41) is 24.9. The number of fused-ring (bicyclic) bond motifs is 1. The van der Waals surface area contributed by atoms with Crippen LogP contribution in [0.3, 0.4) is 0 Å². The largest absolute Gasteiger partial charge is 0.496 e. The smallest absolute Gasteiger partial charge is 0.338 e. The summed E-state index contributed by atoms with van der Waals surface area (Å²) in [5.41, 5.74) is 2.80. The maximum Gasteiger partial charge on any atom is 0.338 e. The molecule has 8 nitrogen and oxygen atoms in total. The fourth-order valence-electron chi connectivity index (χ4n) is 4.64. The topological polar surface area (TPSA) is 110 Å². The first-order valence-corrected chi connectivity index (χ1v) is 12.6. The van der Waals surface area contributed by atoms with Gasteiger partial charge in [-0.25, -0.2) is 9.78 Å². The average Bonchev–Trinajstić information content (AvgIpc) is 3.51. The molecule has 1 fully saturated rings. The lowest BCUT2D eigenvalue weighted by Crippen LogP contribution is -2.29. The number of aliphatic hydroxyl groups is 1. The lowest BCUT2D eigenvalue weighted by atomic mass is 9.99. The number of rotatable bonds is 10. The zero-order valence-electron chi connectivity index (χ0n) is 20.5. The Kier molecular flexibility index (Phi) is 7.78. The van der Waals surface area contributed by atoms with Gasteiger partial charge in [0.25, 0.3) is 0 Å². The van der Waals surface area contributed by atoms with Crippen LogP contribution in [0.1, 0.15) is 58.3 Å². The minimum Gasteiger partial charge on any atom is -0.496 e. The summed E-state index contributed by atoms with van der Waals surface area (Å²) in [6.45, 7) is 1.90. The maximum absolute atomic E-state index is 11.8. The molecule has 0 spiro atoms. The van der Waals surface area contributed by atoms with Gasteiger partial charge < -0.3 is 29.7 Å². The Morgan fingerprint density at radius 1 is 1.17 bits per heavy atom. The van der Waals surface area contributed by atoms with Crippen LogP contribution in [0.25, 0.3) is 10.2 Å². The van der Waals surface area contributed by atoms with Gasteiger partial charge in [-0.2, -0.15) is 0 Å². The van der Waals surface area contributed by atoms with Gasteiger partial charge in [-0.05, 0) is 49.6 Å². The molecule has 0 radical (unpaired) electrons. The molecule has 1 saturated carbocycles. The van der Waals surface area contributed by atoms with Gasteiger partial charge in [-0.15, -0.1) is 11.3 Å². The first-order valence-electron chi connectivity index (χ1n) is 11.7. The average molecular weight is 501 g/mol. The highest BCUT2D eigenvalue weighted by Gasteiger charge is 2.30. The Morgan fingerprint density at radius 3 is 2.40 bits per heavy atom. The number of ether oxygens (including phenoxy) is 3. The number of thiazole rings is 1. The van der Waals surface area contributed by atoms with Gasteiger partial charge in [-0.3, -0.25) is 0 Å². The molecule has 0 amide bonds. The number of anilines is 1. The second-order valence-electron chi connectivity index (χ2n) is 8.81. The zero-order valence-corrected chi connectivity index (χ0v) is 21.3. The highest BCUT2D eigenvalue weighted by Crippen LogP contribution is 2.37. The number of hydrogen-bond acceptors (Lipinski definition) is 8. The van der Waals surface area contributed by atoms with Crippen molar-refractivity contribution in [3.8, 4) is 11.5 Å². The van der Waals surface area contributed by atoms with Crippen LogP contribution in [0.2, 0.25) is 0 Å². The number of aliphatic hydroxyl groups excluding tert-OH is 1. The van der Waals surface area contributed by atoms with Crippen molar-refractivity contribution in [2.24, 2.45) is 0 Å². The standard InChI is InChI=1S/C26H32N2O6S/c1-14-19(32-3)9-15(10-20(14)33-4)25(29)21(34-17-7-5-6-8-17)13-23-28-24-18(26(30)31)11-16(27-2)12-22(24)35-23/h9-12,17,21,25,27,29H,5-8,13H2,1-4H3,(H,30,31). The molecule has 2 aromatic carbocycles. The van der Waals surface area contributed by atoms with Crippen molar-refractivity contribution in [3.05, 3.63) is 46.0 Å². The van der Waals surface area contributed by atoms with Gasteiger partial charge in [0.15, 0.2) is 0 Å². The molecule has 0 aliphatic heterocycles. The molecule has 2 atom stereocenters. The first kappa shape index (κ1) is 25.2. The van der Waals surface area contributed by atoms with Crippen molar-refractivity contribution in [2.75, 3.05) is 26.6 Å². The molecule has 1 heterocycles. The normalized spacial score (nSPS) is 15.8. The number of aromatic carboxylic acids is 1. The van der Waals surface area contributed by atoms with Crippen molar-refractivity contribution in [3.63, 3.8) is 0 Å². The van der Waals surface area contributed by atoms with E-state index in [0.717, 1.165) is 35.9 Å². The quantitative estimate of drug-likeness (QED) is 0.358. The summed E-state index contributed by atoms with van der Waals surface area (Å²) in [5.74, 6) is 0.231. The summed E-state index contributed by atoms with van der Waals surface area (Å²) in [6, 6.07) is 7.10. The molecular formula is C26H32N2O6S. The summed E-state index contributed by atoms with van der Waals surface area (Å²) in [4.78, 5) is 16.5. The van der Waals surface area contributed by atoms with Crippen molar-refractivity contribution in [1.29, 1.82) is 0 Å². The van der Waals surface area contributed by atoms with E-state index in [1.165, 1.54) is 11.3 Å². The molecule has 35 heavy (non-hydrogen) atoms. The lowest BCUT2D eigenvalue weighted by molar-refractivity contribution is -0.0753. The van der Waals surface area contributed by atoms with E-state index in [4.69, 9.17) is 14.2 Å². The van der Waals surface area contributed by atoms with Crippen LogP contribution in [-0.4, -0.2) is 54.6 Å². The second kappa shape index (κ2) is 10.8. The van der Waals surface area contributed by atoms with Crippen LogP contribution in [0, 0.1) is 6.92 Å². The third kappa shape index (κ3) is 5.37. The molecule has 3 N–H and O–H groups in total. The SMILES string of the molecule is CNc1cc(C(=O)O)c2nc(CC(OC3CCCC3)C(O)c3cc(OC)c(C)c(OC)c3)sc2c1. The summed E-state index contributed by atoms with van der Waals surface area (Å²) < 4.78 is 18.2. The fraction of sp³-hybridized carbons (Fsp3) is 0.462. The van der Waals surface area contributed by atoms with Crippen molar-refractivity contribution >= 4 is 33.2 Å². The second-order valence-corrected chi connectivity index (χ2v) is 9.93. The number of nitrogens with zero attached hydrogens (tertiary/aromatic N) is 1. The number of benzene rings is 2.